The van der Waals surface area contributed by atoms with Crippen molar-refractivity contribution in [1.82, 2.24) is 24.6 Å². The van der Waals surface area contributed by atoms with Crippen LogP contribution in [-0.2, 0) is 18.8 Å². The molecule has 4 rings (SSSR count). The van der Waals surface area contributed by atoms with Crippen LogP contribution < -0.4 is 0 Å². The van der Waals surface area contributed by atoms with Crippen LogP contribution in [0.3, 0.4) is 0 Å². The summed E-state index contributed by atoms with van der Waals surface area (Å²) in [5.74, 6) is 1.68. The summed E-state index contributed by atoms with van der Waals surface area (Å²) in [6, 6.07) is 18.5. The molecule has 0 aliphatic rings. The lowest BCUT2D eigenvalue weighted by atomic mass is 10.1. The number of thioether (sulfide) groups is 1. The molecule has 0 atom stereocenters. The van der Waals surface area contributed by atoms with E-state index >= 15 is 0 Å². The van der Waals surface area contributed by atoms with Gasteiger partial charge in [0.05, 0.1) is 12.2 Å². The van der Waals surface area contributed by atoms with Crippen molar-refractivity contribution in [3.63, 3.8) is 0 Å². The molecule has 0 fully saturated rings. The average Bonchev–Trinajstić information content (AvgIpc) is 3.17. The van der Waals surface area contributed by atoms with E-state index in [9.17, 15) is 0 Å². The van der Waals surface area contributed by atoms with Gasteiger partial charge in [0.15, 0.2) is 11.0 Å². The van der Waals surface area contributed by atoms with Gasteiger partial charge in [-0.1, -0.05) is 53.2 Å². The van der Waals surface area contributed by atoms with Crippen LogP contribution in [0.25, 0.3) is 5.69 Å². The Morgan fingerprint density at radius 3 is 2.53 bits per heavy atom. The predicted octanol–water partition coefficient (Wildman–Crippen LogP) is 5.86. The minimum absolute atomic E-state index is 0.669. The van der Waals surface area contributed by atoms with Crippen molar-refractivity contribution >= 4 is 23.4 Å². The summed E-state index contributed by atoms with van der Waals surface area (Å²) in [4.78, 5) is 6.36. The molecule has 0 aliphatic heterocycles. The zero-order chi connectivity index (χ0) is 22.5. The van der Waals surface area contributed by atoms with Gasteiger partial charge < -0.3 is 0 Å². The Bertz CT molecular complexity index is 1190. The van der Waals surface area contributed by atoms with Crippen molar-refractivity contribution in [2.75, 3.05) is 7.05 Å². The van der Waals surface area contributed by atoms with E-state index in [1.807, 2.05) is 48.8 Å². The molecule has 7 heteroatoms. The Balaban J connectivity index is 1.58. The molecule has 4 aromatic rings. The third-order valence-corrected chi connectivity index (χ3v) is 6.47. The fraction of sp³-hybridized carbons (Fsp3) is 0.240. The van der Waals surface area contributed by atoms with Crippen molar-refractivity contribution in [1.29, 1.82) is 0 Å². The molecule has 0 amide bonds. The lowest BCUT2D eigenvalue weighted by molar-refractivity contribution is 0.307. The average molecular weight is 464 g/mol. The first-order valence-electron chi connectivity index (χ1n) is 10.5. The maximum Gasteiger partial charge on any atom is 0.196 e. The summed E-state index contributed by atoms with van der Waals surface area (Å²) >= 11 is 7.96. The lowest BCUT2D eigenvalue weighted by Gasteiger charge is -2.19. The number of rotatable bonds is 8. The summed E-state index contributed by atoms with van der Waals surface area (Å²) in [7, 11) is 2.11. The van der Waals surface area contributed by atoms with Gasteiger partial charge in [-0.05, 0) is 67.9 Å². The van der Waals surface area contributed by atoms with Gasteiger partial charge in [-0.15, -0.1) is 10.2 Å². The van der Waals surface area contributed by atoms with E-state index in [1.165, 1.54) is 22.3 Å². The molecule has 0 aliphatic carbocycles. The van der Waals surface area contributed by atoms with Crippen LogP contribution in [0.2, 0.25) is 5.02 Å². The van der Waals surface area contributed by atoms with Crippen molar-refractivity contribution < 1.29 is 0 Å². The van der Waals surface area contributed by atoms with Crippen LogP contribution in [0, 0.1) is 13.8 Å². The molecule has 0 saturated heterocycles. The molecule has 2 aromatic heterocycles. The third kappa shape index (κ3) is 5.57. The van der Waals surface area contributed by atoms with Crippen molar-refractivity contribution in [3.05, 3.63) is 100 Å². The quantitative estimate of drug-likeness (QED) is 0.306. The molecule has 2 aromatic carbocycles. The fourth-order valence-electron chi connectivity index (χ4n) is 3.61. The highest BCUT2D eigenvalue weighted by Crippen LogP contribution is 2.27. The topological polar surface area (TPSA) is 46.8 Å². The highest BCUT2D eigenvalue weighted by atomic mass is 35.5. The number of aryl methyl sites for hydroxylation is 2. The van der Waals surface area contributed by atoms with E-state index in [0.29, 0.717) is 11.6 Å². The summed E-state index contributed by atoms with van der Waals surface area (Å²) in [6.07, 6.45) is 3.62. The number of hydrogen-bond acceptors (Lipinski definition) is 5. The molecule has 0 spiro atoms. The van der Waals surface area contributed by atoms with Crippen LogP contribution in [0.4, 0.5) is 0 Å². The molecule has 2 heterocycles. The second kappa shape index (κ2) is 10.3. The molecule has 0 saturated carbocycles. The van der Waals surface area contributed by atoms with Gasteiger partial charge in [0.1, 0.15) is 0 Å². The number of benzene rings is 2. The van der Waals surface area contributed by atoms with E-state index < -0.39 is 0 Å². The van der Waals surface area contributed by atoms with Crippen molar-refractivity contribution in [2.45, 2.75) is 37.8 Å². The molecular formula is C25H26ClN5S. The molecular weight excluding hydrogens is 438 g/mol. The smallest absolute Gasteiger partial charge is 0.196 e. The maximum absolute atomic E-state index is 6.30. The van der Waals surface area contributed by atoms with Crippen LogP contribution in [0.5, 0.6) is 0 Å². The molecule has 0 radical (unpaired) electrons. The van der Waals surface area contributed by atoms with Gasteiger partial charge >= 0.3 is 0 Å². The minimum Gasteiger partial charge on any atom is -0.295 e. The van der Waals surface area contributed by atoms with Gasteiger partial charge in [0.25, 0.3) is 0 Å². The summed E-state index contributed by atoms with van der Waals surface area (Å²) in [5, 5.41) is 10.6. The van der Waals surface area contributed by atoms with Crippen molar-refractivity contribution in [3.8, 4) is 5.69 Å². The summed E-state index contributed by atoms with van der Waals surface area (Å²) < 4.78 is 2.11. The molecule has 0 bridgehead atoms. The van der Waals surface area contributed by atoms with Crippen molar-refractivity contribution in [2.24, 2.45) is 0 Å². The van der Waals surface area contributed by atoms with Crippen LogP contribution >= 0.6 is 23.4 Å². The highest BCUT2D eigenvalue weighted by molar-refractivity contribution is 7.98. The number of pyridine rings is 1. The number of hydrogen-bond donors (Lipinski definition) is 0. The molecule has 0 N–H and O–H groups in total. The van der Waals surface area contributed by atoms with E-state index in [1.54, 1.807) is 11.8 Å². The minimum atomic E-state index is 0.669. The SMILES string of the molecule is Cc1ccc(CN(C)Cc2nnc(SCc3ccncc3)n2-c2cccc(Cl)c2)c(C)c1. The van der Waals surface area contributed by atoms with Crippen LogP contribution in [0.15, 0.2) is 72.1 Å². The normalized spacial score (nSPS) is 11.3. The highest BCUT2D eigenvalue weighted by Gasteiger charge is 2.17. The van der Waals surface area contributed by atoms with E-state index in [0.717, 1.165) is 29.0 Å². The van der Waals surface area contributed by atoms with Gasteiger partial charge in [0, 0.05) is 29.7 Å². The molecule has 5 nitrogen and oxygen atoms in total. The summed E-state index contributed by atoms with van der Waals surface area (Å²) in [5.41, 5.74) is 6.07. The Morgan fingerprint density at radius 1 is 0.969 bits per heavy atom. The summed E-state index contributed by atoms with van der Waals surface area (Å²) in [6.45, 7) is 5.80. The van der Waals surface area contributed by atoms with Gasteiger partial charge in [0.2, 0.25) is 0 Å². The van der Waals surface area contributed by atoms with Gasteiger partial charge in [-0.2, -0.15) is 0 Å². The zero-order valence-corrected chi connectivity index (χ0v) is 20.1. The molecule has 164 valence electrons. The molecule has 32 heavy (non-hydrogen) atoms. The second-order valence-corrected chi connectivity index (χ2v) is 9.34. The lowest BCUT2D eigenvalue weighted by Crippen LogP contribution is -2.20. The maximum atomic E-state index is 6.30. The van der Waals surface area contributed by atoms with Gasteiger partial charge in [-0.3, -0.25) is 14.5 Å². The number of halogens is 1. The first-order chi connectivity index (χ1) is 15.5. The third-order valence-electron chi connectivity index (χ3n) is 5.23. The fourth-order valence-corrected chi connectivity index (χ4v) is 4.72. The van der Waals surface area contributed by atoms with E-state index in [4.69, 9.17) is 11.6 Å². The first kappa shape index (κ1) is 22.5. The Kier molecular flexibility index (Phi) is 7.25. The Labute approximate surface area is 198 Å². The molecule has 0 unspecified atom stereocenters. The second-order valence-electron chi connectivity index (χ2n) is 7.96. The van der Waals surface area contributed by atoms with E-state index in [-0.39, 0.29) is 0 Å². The predicted molar refractivity (Wildman–Crippen MR) is 131 cm³/mol. The standard InChI is InChI=1S/C25H26ClN5S/c1-18-7-8-21(19(2)13-18)15-30(3)16-24-28-29-25(32-17-20-9-11-27-12-10-20)31(24)23-6-4-5-22(26)14-23/h4-14H,15-17H2,1-3H3. The van der Waals surface area contributed by atoms with E-state index in [2.05, 4.69) is 63.7 Å². The largest absolute Gasteiger partial charge is 0.295 e. The Morgan fingerprint density at radius 2 is 1.78 bits per heavy atom. The van der Waals surface area contributed by atoms with Crippen LogP contribution in [0.1, 0.15) is 28.1 Å². The number of aromatic nitrogens is 4. The monoisotopic (exact) mass is 463 g/mol. The zero-order valence-electron chi connectivity index (χ0n) is 18.5. The Hall–Kier alpha value is -2.67. The van der Waals surface area contributed by atoms with Crippen LogP contribution in [-0.4, -0.2) is 31.7 Å². The van der Waals surface area contributed by atoms with Gasteiger partial charge in [-0.25, -0.2) is 0 Å². The number of nitrogens with zero attached hydrogens (tertiary/aromatic N) is 5. The first-order valence-corrected chi connectivity index (χ1v) is 11.8.